The van der Waals surface area contributed by atoms with Gasteiger partial charge in [-0.05, 0) is 34.1 Å². The summed E-state index contributed by atoms with van der Waals surface area (Å²) in [7, 11) is 0. The molecule has 16 heavy (non-hydrogen) atoms. The molecule has 1 aromatic rings. The molecule has 0 aliphatic heterocycles. The van der Waals surface area contributed by atoms with Gasteiger partial charge >= 0.3 is 6.36 Å². The van der Waals surface area contributed by atoms with Crippen molar-refractivity contribution in [1.82, 2.24) is 0 Å². The fourth-order valence-electron chi connectivity index (χ4n) is 1.01. The number of alkyl halides is 4. The number of halogens is 5. The lowest BCUT2D eigenvalue weighted by Gasteiger charge is -2.11. The third-order valence-corrected chi connectivity index (χ3v) is 2.20. The van der Waals surface area contributed by atoms with Crippen molar-refractivity contribution in [2.75, 3.05) is 18.5 Å². The highest BCUT2D eigenvalue weighted by atomic mass is 79.9. The first-order chi connectivity index (χ1) is 7.42. The highest BCUT2D eigenvalue weighted by molar-refractivity contribution is 9.10. The van der Waals surface area contributed by atoms with E-state index in [4.69, 9.17) is 0 Å². The van der Waals surface area contributed by atoms with Crippen LogP contribution in [0.3, 0.4) is 0 Å². The Hall–Kier alpha value is -0.980. The van der Waals surface area contributed by atoms with Crippen LogP contribution < -0.4 is 10.1 Å². The predicted molar refractivity (Wildman–Crippen MR) is 55.3 cm³/mol. The van der Waals surface area contributed by atoms with Gasteiger partial charge in [0.05, 0.1) is 4.47 Å². The van der Waals surface area contributed by atoms with E-state index in [0.29, 0.717) is 5.69 Å². The minimum atomic E-state index is -4.73. The largest absolute Gasteiger partial charge is 0.573 e. The van der Waals surface area contributed by atoms with E-state index in [1.165, 1.54) is 12.1 Å². The zero-order chi connectivity index (χ0) is 12.2. The van der Waals surface area contributed by atoms with Crippen LogP contribution in [0.15, 0.2) is 22.7 Å². The molecule has 1 aromatic carbocycles. The first-order valence-corrected chi connectivity index (χ1v) is 5.07. The minimum absolute atomic E-state index is 0.103. The van der Waals surface area contributed by atoms with Crippen LogP contribution in [0.4, 0.5) is 23.2 Å². The van der Waals surface area contributed by atoms with Gasteiger partial charge in [0.25, 0.3) is 0 Å². The lowest BCUT2D eigenvalue weighted by molar-refractivity contribution is -0.274. The molecule has 2 nitrogen and oxygen atoms in total. The number of rotatable bonds is 4. The van der Waals surface area contributed by atoms with Gasteiger partial charge in [0, 0.05) is 12.2 Å². The van der Waals surface area contributed by atoms with Gasteiger partial charge in [0.2, 0.25) is 0 Å². The van der Waals surface area contributed by atoms with Crippen LogP contribution in [0.1, 0.15) is 0 Å². The molecule has 0 heterocycles. The monoisotopic (exact) mass is 301 g/mol. The van der Waals surface area contributed by atoms with Crippen molar-refractivity contribution in [3.05, 3.63) is 22.7 Å². The smallest absolute Gasteiger partial charge is 0.405 e. The van der Waals surface area contributed by atoms with E-state index in [0.717, 1.165) is 6.07 Å². The summed E-state index contributed by atoms with van der Waals surface area (Å²) in [6.07, 6.45) is -4.73. The summed E-state index contributed by atoms with van der Waals surface area (Å²) >= 11 is 2.93. The Morgan fingerprint density at radius 1 is 1.31 bits per heavy atom. The third-order valence-electron chi connectivity index (χ3n) is 1.58. The van der Waals surface area contributed by atoms with Crippen molar-refractivity contribution in [2.45, 2.75) is 6.36 Å². The third kappa shape index (κ3) is 4.26. The molecule has 0 aliphatic rings. The summed E-state index contributed by atoms with van der Waals surface area (Å²) in [5.41, 5.74) is 0.513. The molecule has 0 saturated heterocycles. The van der Waals surface area contributed by atoms with Crippen LogP contribution in [-0.4, -0.2) is 19.6 Å². The highest BCUT2D eigenvalue weighted by Gasteiger charge is 2.31. The fourth-order valence-corrected chi connectivity index (χ4v) is 1.47. The molecule has 0 amide bonds. The van der Waals surface area contributed by atoms with E-state index in [9.17, 15) is 17.6 Å². The van der Waals surface area contributed by atoms with E-state index in [1.807, 2.05) is 0 Å². The summed E-state index contributed by atoms with van der Waals surface area (Å²) in [5.74, 6) is -0.335. The molecule has 0 saturated carbocycles. The van der Waals surface area contributed by atoms with Crippen LogP contribution in [0.25, 0.3) is 0 Å². The minimum Gasteiger partial charge on any atom is -0.405 e. The van der Waals surface area contributed by atoms with Crippen molar-refractivity contribution >= 4 is 21.6 Å². The van der Waals surface area contributed by atoms with Crippen LogP contribution in [0.5, 0.6) is 5.75 Å². The molecule has 0 bridgehead atoms. The van der Waals surface area contributed by atoms with E-state index in [-0.39, 0.29) is 16.8 Å². The number of nitrogens with one attached hydrogen (secondary N) is 1. The van der Waals surface area contributed by atoms with Crippen molar-refractivity contribution in [2.24, 2.45) is 0 Å². The summed E-state index contributed by atoms with van der Waals surface area (Å²) < 4.78 is 51.5. The highest BCUT2D eigenvalue weighted by Crippen LogP contribution is 2.32. The second kappa shape index (κ2) is 5.38. The maximum Gasteiger partial charge on any atom is 0.573 e. The van der Waals surface area contributed by atoms with Crippen molar-refractivity contribution in [3.8, 4) is 5.75 Å². The van der Waals surface area contributed by atoms with Crippen molar-refractivity contribution in [1.29, 1.82) is 0 Å². The first-order valence-electron chi connectivity index (χ1n) is 4.27. The van der Waals surface area contributed by atoms with Gasteiger partial charge in [-0.1, -0.05) is 0 Å². The average molecular weight is 302 g/mol. The van der Waals surface area contributed by atoms with Crippen LogP contribution in [0.2, 0.25) is 0 Å². The van der Waals surface area contributed by atoms with Crippen LogP contribution >= 0.6 is 15.9 Å². The Balaban J connectivity index is 2.75. The molecule has 0 spiro atoms. The van der Waals surface area contributed by atoms with Crippen molar-refractivity contribution < 1.29 is 22.3 Å². The molecule has 0 fully saturated rings. The SMILES string of the molecule is FCCNc1ccc(OC(F)(F)F)c(Br)c1. The summed E-state index contributed by atoms with van der Waals surface area (Å²) in [4.78, 5) is 0. The zero-order valence-electron chi connectivity index (χ0n) is 7.94. The second-order valence-corrected chi connectivity index (χ2v) is 3.66. The predicted octanol–water partition coefficient (Wildman–Crippen LogP) is 3.73. The zero-order valence-corrected chi connectivity index (χ0v) is 9.53. The molecule has 0 aromatic heterocycles. The lowest BCUT2D eigenvalue weighted by Crippen LogP contribution is -2.17. The Labute approximate surface area is 97.7 Å². The molecule has 1 N–H and O–H groups in total. The molecule has 0 aliphatic carbocycles. The molecular formula is C9H8BrF4NO. The maximum atomic E-state index is 11.9. The topological polar surface area (TPSA) is 21.3 Å². The Kier molecular flexibility index (Phi) is 4.40. The molecule has 0 unspecified atom stereocenters. The number of anilines is 1. The molecule has 0 atom stereocenters. The van der Waals surface area contributed by atoms with E-state index >= 15 is 0 Å². The number of hydrogen-bond acceptors (Lipinski definition) is 2. The van der Waals surface area contributed by atoms with E-state index < -0.39 is 13.0 Å². The summed E-state index contributed by atoms with van der Waals surface area (Å²) in [5, 5.41) is 2.68. The first kappa shape index (κ1) is 13.1. The van der Waals surface area contributed by atoms with Gasteiger partial charge in [-0.15, -0.1) is 13.2 Å². The van der Waals surface area contributed by atoms with Gasteiger partial charge in [-0.25, -0.2) is 4.39 Å². The van der Waals surface area contributed by atoms with Gasteiger partial charge < -0.3 is 10.1 Å². The second-order valence-electron chi connectivity index (χ2n) is 2.81. The van der Waals surface area contributed by atoms with Gasteiger partial charge in [-0.3, -0.25) is 0 Å². The summed E-state index contributed by atoms with van der Waals surface area (Å²) in [6.45, 7) is -0.454. The van der Waals surface area contributed by atoms with Crippen LogP contribution in [0, 0.1) is 0 Å². The van der Waals surface area contributed by atoms with Gasteiger partial charge in [-0.2, -0.15) is 0 Å². The Morgan fingerprint density at radius 2 is 2.00 bits per heavy atom. The quantitative estimate of drug-likeness (QED) is 0.856. The fraction of sp³-hybridized carbons (Fsp3) is 0.333. The average Bonchev–Trinajstić information content (AvgIpc) is 2.17. The number of benzene rings is 1. The number of hydrogen-bond donors (Lipinski definition) is 1. The standard InChI is InChI=1S/C9H8BrF4NO/c10-7-5-6(15-4-3-11)1-2-8(7)16-9(12,13)14/h1-2,5,15H,3-4H2. The Morgan fingerprint density at radius 3 is 2.50 bits per heavy atom. The molecule has 1 rings (SSSR count). The molecule has 90 valence electrons. The maximum absolute atomic E-state index is 11.9. The van der Waals surface area contributed by atoms with E-state index in [1.54, 1.807) is 0 Å². The molecule has 0 radical (unpaired) electrons. The van der Waals surface area contributed by atoms with Gasteiger partial charge in [0.15, 0.2) is 0 Å². The van der Waals surface area contributed by atoms with Gasteiger partial charge in [0.1, 0.15) is 12.4 Å². The lowest BCUT2D eigenvalue weighted by atomic mass is 10.3. The van der Waals surface area contributed by atoms with E-state index in [2.05, 4.69) is 26.0 Å². The van der Waals surface area contributed by atoms with Crippen LogP contribution in [-0.2, 0) is 0 Å². The Bertz CT molecular complexity index is 356. The summed E-state index contributed by atoms with van der Waals surface area (Å²) in [6, 6.07) is 3.91. The molecule has 7 heteroatoms. The van der Waals surface area contributed by atoms with Crippen molar-refractivity contribution in [3.63, 3.8) is 0 Å². The number of ether oxygens (including phenoxy) is 1. The normalized spacial score (nSPS) is 11.3. The molecular weight excluding hydrogens is 294 g/mol.